The molecule has 1 fully saturated rings. The molecule has 1 aromatic rings. The van der Waals surface area contributed by atoms with Gasteiger partial charge < -0.3 is 15.1 Å². The van der Waals surface area contributed by atoms with Crippen LogP contribution >= 0.6 is 0 Å². The molecule has 0 aliphatic heterocycles. The fraction of sp³-hybridized carbons (Fsp3) is 0.714. The molecule has 1 saturated carbocycles. The third-order valence-electron chi connectivity index (χ3n) is 4.09. The molecule has 3 nitrogen and oxygen atoms in total. The third-order valence-corrected chi connectivity index (χ3v) is 4.09. The first-order valence-electron chi connectivity index (χ1n) is 6.66. The maximum absolute atomic E-state index is 5.95. The van der Waals surface area contributed by atoms with Crippen LogP contribution in [0.1, 0.15) is 38.4 Å². The average Bonchev–Trinajstić information content (AvgIpc) is 2.82. The average molecular weight is 236 g/mol. The summed E-state index contributed by atoms with van der Waals surface area (Å²) in [5, 5.41) is 0. The van der Waals surface area contributed by atoms with Gasteiger partial charge in [0.1, 0.15) is 5.76 Å². The molecule has 0 bridgehead atoms. The Morgan fingerprint density at radius 1 is 1.41 bits per heavy atom. The zero-order valence-electron chi connectivity index (χ0n) is 10.9. The minimum atomic E-state index is 0.431. The van der Waals surface area contributed by atoms with Gasteiger partial charge in [-0.05, 0) is 51.8 Å². The number of rotatable bonds is 4. The van der Waals surface area contributed by atoms with Crippen LogP contribution in [0.5, 0.6) is 0 Å². The highest BCUT2D eigenvalue weighted by Crippen LogP contribution is 2.23. The number of hydrogen-bond acceptors (Lipinski definition) is 3. The molecule has 17 heavy (non-hydrogen) atoms. The van der Waals surface area contributed by atoms with E-state index in [9.17, 15) is 0 Å². The summed E-state index contributed by atoms with van der Waals surface area (Å²) in [7, 11) is 2.23. The Bertz CT molecular complexity index is 315. The third kappa shape index (κ3) is 3.33. The lowest BCUT2D eigenvalue weighted by Crippen LogP contribution is -2.43. The van der Waals surface area contributed by atoms with Gasteiger partial charge in [-0.1, -0.05) is 0 Å². The van der Waals surface area contributed by atoms with Gasteiger partial charge in [-0.25, -0.2) is 0 Å². The lowest BCUT2D eigenvalue weighted by molar-refractivity contribution is 0.136. The maximum atomic E-state index is 5.95. The second-order valence-electron chi connectivity index (χ2n) is 5.37. The van der Waals surface area contributed by atoms with Gasteiger partial charge >= 0.3 is 0 Å². The minimum Gasteiger partial charge on any atom is -0.469 e. The van der Waals surface area contributed by atoms with Crippen LogP contribution in [0.4, 0.5) is 0 Å². The molecule has 1 aliphatic carbocycles. The number of hydrogen-bond donors (Lipinski definition) is 1. The molecule has 1 aromatic heterocycles. The van der Waals surface area contributed by atoms with E-state index in [-0.39, 0.29) is 0 Å². The molecule has 0 aromatic carbocycles. The molecular formula is C14H24N2O. The molecule has 96 valence electrons. The molecule has 2 N–H and O–H groups in total. The number of likely N-dealkylation sites (N-methyl/N-ethyl adjacent to an activating group) is 1. The van der Waals surface area contributed by atoms with Gasteiger partial charge in [0.05, 0.1) is 6.26 Å². The largest absolute Gasteiger partial charge is 0.469 e. The van der Waals surface area contributed by atoms with Crippen LogP contribution in [0.25, 0.3) is 0 Å². The quantitative estimate of drug-likeness (QED) is 0.873. The summed E-state index contributed by atoms with van der Waals surface area (Å²) in [6.07, 6.45) is 7.55. The van der Waals surface area contributed by atoms with Crippen LogP contribution in [0.2, 0.25) is 0 Å². The monoisotopic (exact) mass is 236 g/mol. The van der Waals surface area contributed by atoms with Crippen molar-refractivity contribution >= 4 is 0 Å². The molecule has 0 saturated heterocycles. The lowest BCUT2D eigenvalue weighted by atomic mass is 9.90. The van der Waals surface area contributed by atoms with E-state index in [2.05, 4.69) is 24.9 Å². The zero-order valence-corrected chi connectivity index (χ0v) is 10.9. The van der Waals surface area contributed by atoms with Gasteiger partial charge in [0, 0.05) is 24.5 Å². The molecule has 0 spiro atoms. The van der Waals surface area contributed by atoms with E-state index in [1.54, 1.807) is 6.26 Å². The Hall–Kier alpha value is -0.800. The van der Waals surface area contributed by atoms with Crippen LogP contribution in [0.15, 0.2) is 22.8 Å². The first-order chi connectivity index (χ1) is 8.16. The van der Waals surface area contributed by atoms with Crippen LogP contribution in [0.3, 0.4) is 0 Å². The van der Waals surface area contributed by atoms with Crippen molar-refractivity contribution in [2.75, 3.05) is 7.05 Å². The van der Waals surface area contributed by atoms with E-state index in [0.29, 0.717) is 18.1 Å². The molecule has 1 atom stereocenters. The van der Waals surface area contributed by atoms with Gasteiger partial charge in [0.15, 0.2) is 0 Å². The molecule has 2 rings (SSSR count). The Morgan fingerprint density at radius 3 is 2.71 bits per heavy atom. The maximum Gasteiger partial charge on any atom is 0.105 e. The van der Waals surface area contributed by atoms with Gasteiger partial charge in [-0.15, -0.1) is 0 Å². The molecular weight excluding hydrogens is 212 g/mol. The summed E-state index contributed by atoms with van der Waals surface area (Å²) in [5.41, 5.74) is 5.95. The van der Waals surface area contributed by atoms with Gasteiger partial charge in [0.25, 0.3) is 0 Å². The van der Waals surface area contributed by atoms with Crippen LogP contribution < -0.4 is 5.73 Å². The second-order valence-corrected chi connectivity index (χ2v) is 5.37. The summed E-state index contributed by atoms with van der Waals surface area (Å²) in [6.45, 7) is 2.27. The molecule has 3 heteroatoms. The Morgan fingerprint density at radius 2 is 2.12 bits per heavy atom. The summed E-state index contributed by atoms with van der Waals surface area (Å²) in [6, 6.07) is 5.67. The summed E-state index contributed by atoms with van der Waals surface area (Å²) < 4.78 is 5.41. The van der Waals surface area contributed by atoms with Gasteiger partial charge in [-0.3, -0.25) is 0 Å². The topological polar surface area (TPSA) is 42.4 Å². The van der Waals surface area contributed by atoms with Gasteiger partial charge in [0.2, 0.25) is 0 Å². The van der Waals surface area contributed by atoms with Crippen molar-refractivity contribution in [3.05, 3.63) is 24.2 Å². The highest BCUT2D eigenvalue weighted by atomic mass is 16.3. The summed E-state index contributed by atoms with van der Waals surface area (Å²) >= 11 is 0. The Balaban J connectivity index is 1.84. The smallest absolute Gasteiger partial charge is 0.105 e. The van der Waals surface area contributed by atoms with Crippen LogP contribution in [0, 0.1) is 0 Å². The molecule has 1 unspecified atom stereocenters. The fourth-order valence-electron chi connectivity index (χ4n) is 2.73. The van der Waals surface area contributed by atoms with E-state index < -0.39 is 0 Å². The van der Waals surface area contributed by atoms with Crippen molar-refractivity contribution in [2.45, 2.75) is 57.2 Å². The van der Waals surface area contributed by atoms with Crippen molar-refractivity contribution in [3.63, 3.8) is 0 Å². The van der Waals surface area contributed by atoms with Crippen molar-refractivity contribution in [3.8, 4) is 0 Å². The minimum absolute atomic E-state index is 0.431. The van der Waals surface area contributed by atoms with Crippen molar-refractivity contribution < 1.29 is 4.42 Å². The number of furan rings is 1. The SMILES string of the molecule is CC(Cc1ccco1)N(C)C1CCC(N)CC1. The summed E-state index contributed by atoms with van der Waals surface area (Å²) in [4.78, 5) is 2.49. The normalized spacial score (nSPS) is 27.3. The van der Waals surface area contributed by atoms with Crippen molar-refractivity contribution in [1.29, 1.82) is 0 Å². The predicted octanol–water partition coefficient (Wildman–Crippen LogP) is 2.41. The van der Waals surface area contributed by atoms with Crippen LogP contribution in [-0.4, -0.2) is 30.1 Å². The second kappa shape index (κ2) is 5.69. The van der Waals surface area contributed by atoms with Crippen molar-refractivity contribution in [2.24, 2.45) is 5.73 Å². The van der Waals surface area contributed by atoms with Gasteiger partial charge in [-0.2, -0.15) is 0 Å². The van der Waals surface area contributed by atoms with E-state index in [4.69, 9.17) is 10.2 Å². The molecule has 1 heterocycles. The highest BCUT2D eigenvalue weighted by molar-refractivity contribution is 5.00. The Labute approximate surface area is 104 Å². The molecule has 1 aliphatic rings. The zero-order chi connectivity index (χ0) is 12.3. The number of nitrogens with two attached hydrogens (primary N) is 1. The van der Waals surface area contributed by atoms with E-state index >= 15 is 0 Å². The first-order valence-corrected chi connectivity index (χ1v) is 6.66. The van der Waals surface area contributed by atoms with Crippen LogP contribution in [-0.2, 0) is 6.42 Å². The fourth-order valence-corrected chi connectivity index (χ4v) is 2.73. The first kappa shape index (κ1) is 12.7. The van der Waals surface area contributed by atoms with E-state index in [1.165, 1.54) is 25.7 Å². The predicted molar refractivity (Wildman–Crippen MR) is 69.9 cm³/mol. The van der Waals surface area contributed by atoms with E-state index in [0.717, 1.165) is 12.2 Å². The standard InChI is InChI=1S/C14H24N2O/c1-11(10-14-4-3-9-17-14)16(2)13-7-5-12(15)6-8-13/h3-4,9,11-13H,5-8,10,15H2,1-2H3. The van der Waals surface area contributed by atoms with Crippen molar-refractivity contribution in [1.82, 2.24) is 4.90 Å². The highest BCUT2D eigenvalue weighted by Gasteiger charge is 2.25. The number of nitrogens with zero attached hydrogens (tertiary/aromatic N) is 1. The van der Waals surface area contributed by atoms with E-state index in [1.807, 2.05) is 6.07 Å². The Kier molecular flexibility index (Phi) is 4.24. The summed E-state index contributed by atoms with van der Waals surface area (Å²) in [5.74, 6) is 1.08. The molecule has 0 amide bonds. The lowest BCUT2D eigenvalue weighted by Gasteiger charge is -2.37. The molecule has 0 radical (unpaired) electrons.